The minimum absolute atomic E-state index is 0.00208. The number of halogens is 1. The number of allylic oxidation sites excluding steroid dienone is 3. The number of carbonyl (C=O) groups excluding carboxylic acids is 3. The molecule has 3 N–H and O–H groups in total. The van der Waals surface area contributed by atoms with Crippen LogP contribution < -0.4 is 16.0 Å². The van der Waals surface area contributed by atoms with Gasteiger partial charge in [-0.25, -0.2) is 4.79 Å². The molecular weight excluding hydrogens is 606 g/mol. The van der Waals surface area contributed by atoms with E-state index in [1.807, 2.05) is 0 Å². The highest BCUT2D eigenvalue weighted by molar-refractivity contribution is 6.30. The van der Waals surface area contributed by atoms with Crippen LogP contribution >= 0.6 is 11.6 Å². The summed E-state index contributed by atoms with van der Waals surface area (Å²) in [5.41, 5.74) is 2.30. The van der Waals surface area contributed by atoms with Gasteiger partial charge in [0.1, 0.15) is 0 Å². The fourth-order valence-corrected chi connectivity index (χ4v) is 12.2. The molecule has 0 unspecified atom stereocenters. The van der Waals surface area contributed by atoms with Crippen molar-refractivity contribution in [1.29, 1.82) is 0 Å². The predicted molar refractivity (Wildman–Crippen MR) is 190 cm³/mol. The zero-order valence-electron chi connectivity index (χ0n) is 29.7. The molecule has 5 aliphatic carbocycles. The Labute approximate surface area is 287 Å². The molecule has 0 aliphatic heterocycles. The van der Waals surface area contributed by atoms with Crippen molar-refractivity contribution in [1.82, 2.24) is 10.6 Å². The molecule has 0 bridgehead atoms. The van der Waals surface area contributed by atoms with E-state index in [2.05, 4.69) is 77.1 Å². The van der Waals surface area contributed by atoms with Gasteiger partial charge < -0.3 is 16.0 Å². The van der Waals surface area contributed by atoms with Gasteiger partial charge in [-0.1, -0.05) is 78.3 Å². The highest BCUT2D eigenvalue weighted by atomic mass is 35.5. The van der Waals surface area contributed by atoms with Crippen LogP contribution in [0.15, 0.2) is 48.1 Å². The first-order chi connectivity index (χ1) is 22.0. The van der Waals surface area contributed by atoms with E-state index in [-0.39, 0.29) is 45.3 Å². The quantitative estimate of drug-likeness (QED) is 0.167. The van der Waals surface area contributed by atoms with E-state index in [0.717, 1.165) is 56.9 Å². The van der Waals surface area contributed by atoms with Crippen LogP contribution in [0.4, 0.5) is 10.5 Å². The number of urea groups is 1. The number of fused-ring (bicyclic) bond motifs is 7. The molecule has 256 valence electrons. The summed E-state index contributed by atoms with van der Waals surface area (Å²) < 4.78 is 0. The molecular formula is C40H56ClN3O3. The molecule has 4 saturated carbocycles. The van der Waals surface area contributed by atoms with Gasteiger partial charge in [0.05, 0.1) is 5.41 Å². The summed E-state index contributed by atoms with van der Waals surface area (Å²) in [6.45, 7) is 21.7. The maximum Gasteiger partial charge on any atom is 0.319 e. The van der Waals surface area contributed by atoms with Crippen LogP contribution in [0, 0.1) is 56.7 Å². The van der Waals surface area contributed by atoms with Crippen LogP contribution in [0.25, 0.3) is 0 Å². The standard InChI is InChI=1S/C40H56ClN3O3/c1-24-15-18-40(34(46)42-21-22-43-35(47)44-28-11-9-27(41)10-12-28)20-19-38(7)29(32(40)26(24)3)13-14-31-37(6)23-25(2)33(45)36(4,5)30(37)16-17-39(31,38)8/h9-13,24,26,30-32H,2,14-23H2,1,3-8H3,(H,42,46)(H2,43,44,47)/t24-,26+,30+,31-,32+,37+,38-,39-,40+/m1/s1. The Morgan fingerprint density at radius 1 is 0.915 bits per heavy atom. The molecule has 6 nitrogen and oxygen atoms in total. The Morgan fingerprint density at radius 3 is 2.30 bits per heavy atom. The molecule has 0 saturated heterocycles. The Hall–Kier alpha value is -2.60. The maximum absolute atomic E-state index is 14.4. The summed E-state index contributed by atoms with van der Waals surface area (Å²) in [5, 5.41) is 9.58. The molecule has 6 rings (SSSR count). The number of nitrogens with one attached hydrogen (secondary N) is 3. The summed E-state index contributed by atoms with van der Waals surface area (Å²) in [7, 11) is 0. The number of benzene rings is 1. The van der Waals surface area contributed by atoms with E-state index < -0.39 is 5.41 Å². The van der Waals surface area contributed by atoms with Gasteiger partial charge in [0.25, 0.3) is 0 Å². The zero-order chi connectivity index (χ0) is 34.2. The number of Topliss-reactive ketones (excluding diaryl/α,β-unsaturated/α-hetero) is 1. The van der Waals surface area contributed by atoms with Crippen LogP contribution in [0.5, 0.6) is 0 Å². The number of rotatable bonds is 5. The highest BCUT2D eigenvalue weighted by Crippen LogP contribution is 2.75. The Kier molecular flexibility index (Phi) is 8.59. The van der Waals surface area contributed by atoms with Crippen molar-refractivity contribution in [2.75, 3.05) is 18.4 Å². The van der Waals surface area contributed by atoms with Crippen molar-refractivity contribution in [2.24, 2.45) is 56.7 Å². The van der Waals surface area contributed by atoms with E-state index in [1.165, 1.54) is 5.57 Å². The van der Waals surface area contributed by atoms with Gasteiger partial charge in [-0.05, 0) is 127 Å². The van der Waals surface area contributed by atoms with E-state index >= 15 is 0 Å². The number of hydrogen-bond donors (Lipinski definition) is 3. The third kappa shape index (κ3) is 5.13. The lowest BCUT2D eigenvalue weighted by Crippen LogP contribution is -2.65. The predicted octanol–water partition coefficient (Wildman–Crippen LogP) is 8.97. The molecule has 1 aromatic rings. The number of ketones is 1. The lowest BCUT2D eigenvalue weighted by Gasteiger charge is -2.71. The smallest absolute Gasteiger partial charge is 0.319 e. The van der Waals surface area contributed by atoms with Crippen LogP contribution in [0.3, 0.4) is 0 Å². The number of hydrogen-bond acceptors (Lipinski definition) is 3. The molecule has 47 heavy (non-hydrogen) atoms. The van der Waals surface area contributed by atoms with Gasteiger partial charge in [0.15, 0.2) is 5.78 Å². The van der Waals surface area contributed by atoms with Gasteiger partial charge in [-0.2, -0.15) is 0 Å². The summed E-state index contributed by atoms with van der Waals surface area (Å²) in [6.07, 6.45) is 10.4. The molecule has 0 heterocycles. The Morgan fingerprint density at radius 2 is 1.60 bits per heavy atom. The Balaban J connectivity index is 1.23. The number of amides is 3. The molecule has 5 aliphatic rings. The summed E-state index contributed by atoms with van der Waals surface area (Å²) in [4.78, 5) is 40.2. The summed E-state index contributed by atoms with van der Waals surface area (Å²) in [5.74, 6) is 2.39. The van der Waals surface area contributed by atoms with Crippen LogP contribution in [0.1, 0.15) is 99.8 Å². The summed E-state index contributed by atoms with van der Waals surface area (Å²) >= 11 is 5.96. The second-order valence-corrected chi connectivity index (χ2v) is 17.7. The lowest BCUT2D eigenvalue weighted by atomic mass is 9.33. The average Bonchev–Trinajstić information content (AvgIpc) is 3.01. The average molecular weight is 662 g/mol. The normalized spacial score (nSPS) is 40.5. The molecule has 7 heteroatoms. The first-order valence-corrected chi connectivity index (χ1v) is 18.4. The molecule has 0 spiro atoms. The van der Waals surface area contributed by atoms with Crippen molar-refractivity contribution in [3.63, 3.8) is 0 Å². The molecule has 0 aromatic heterocycles. The van der Waals surface area contributed by atoms with Crippen molar-refractivity contribution >= 4 is 35.0 Å². The minimum Gasteiger partial charge on any atom is -0.354 e. The molecule has 9 atom stereocenters. The van der Waals surface area contributed by atoms with E-state index in [0.29, 0.717) is 47.5 Å². The zero-order valence-corrected chi connectivity index (χ0v) is 30.4. The van der Waals surface area contributed by atoms with Crippen LogP contribution in [0.2, 0.25) is 5.02 Å². The van der Waals surface area contributed by atoms with Crippen LogP contribution in [-0.2, 0) is 9.59 Å². The van der Waals surface area contributed by atoms with Crippen molar-refractivity contribution in [2.45, 2.75) is 99.8 Å². The summed E-state index contributed by atoms with van der Waals surface area (Å²) in [6, 6.07) is 6.68. The van der Waals surface area contributed by atoms with Crippen molar-refractivity contribution in [3.8, 4) is 0 Å². The van der Waals surface area contributed by atoms with Gasteiger partial charge in [0, 0.05) is 29.2 Å². The van der Waals surface area contributed by atoms with Gasteiger partial charge in [-0.3, -0.25) is 9.59 Å². The monoisotopic (exact) mass is 661 g/mol. The lowest BCUT2D eigenvalue weighted by molar-refractivity contribution is -0.181. The number of anilines is 1. The molecule has 4 fully saturated rings. The SMILES string of the molecule is C=C1C[C@]2(C)[C@H]3CC=C4[C@@H]5[C@@H](C)[C@H](C)CC[C@]5(C(=O)NCCNC(=O)Nc5ccc(Cl)cc5)CC[C@@]4(C)[C@]3(C)CC[C@H]2C(C)(C)C1=O. The first-order valence-electron chi connectivity index (χ1n) is 18.0. The van der Waals surface area contributed by atoms with Gasteiger partial charge in [0.2, 0.25) is 5.91 Å². The third-order valence-electron chi connectivity index (χ3n) is 14.9. The first kappa shape index (κ1) is 34.3. The largest absolute Gasteiger partial charge is 0.354 e. The van der Waals surface area contributed by atoms with Crippen molar-refractivity contribution in [3.05, 3.63) is 53.1 Å². The second-order valence-electron chi connectivity index (χ2n) is 17.3. The van der Waals surface area contributed by atoms with E-state index in [4.69, 9.17) is 11.6 Å². The third-order valence-corrected chi connectivity index (χ3v) is 15.1. The van der Waals surface area contributed by atoms with Crippen molar-refractivity contribution < 1.29 is 14.4 Å². The van der Waals surface area contributed by atoms with Crippen LogP contribution in [-0.4, -0.2) is 30.8 Å². The minimum atomic E-state index is -0.430. The van der Waals surface area contributed by atoms with E-state index in [1.54, 1.807) is 24.3 Å². The van der Waals surface area contributed by atoms with E-state index in [9.17, 15) is 14.4 Å². The fourth-order valence-electron chi connectivity index (χ4n) is 12.1. The topological polar surface area (TPSA) is 87.3 Å². The molecule has 0 radical (unpaired) electrons. The number of carbonyl (C=O) groups is 3. The molecule has 1 aromatic carbocycles. The maximum atomic E-state index is 14.4. The highest BCUT2D eigenvalue weighted by Gasteiger charge is 2.69. The fraction of sp³-hybridized carbons (Fsp3) is 0.675. The molecule has 3 amide bonds. The van der Waals surface area contributed by atoms with Gasteiger partial charge in [-0.15, -0.1) is 0 Å². The Bertz CT molecular complexity index is 1500. The van der Waals surface area contributed by atoms with Gasteiger partial charge >= 0.3 is 6.03 Å². The second kappa shape index (κ2) is 11.8.